The normalized spacial score (nSPS) is 11.8. The van der Waals surface area contributed by atoms with Gasteiger partial charge in [-0.3, -0.25) is 9.67 Å². The molecule has 14 heavy (non-hydrogen) atoms. The summed E-state index contributed by atoms with van der Waals surface area (Å²) in [7, 11) is 0. The summed E-state index contributed by atoms with van der Waals surface area (Å²) in [5, 5.41) is 3.24. The second kappa shape index (κ2) is 4.55. The standard InChI is InChI=1S/C10H17N3S/c1-5-11-6-9-8(4)12-13(7(2)3)10(9)14/h6-7,12H,5H2,1-4H3. The van der Waals surface area contributed by atoms with E-state index in [0.29, 0.717) is 6.04 Å². The zero-order chi connectivity index (χ0) is 10.7. The number of aryl methyl sites for hydroxylation is 1. The van der Waals surface area contributed by atoms with Gasteiger partial charge in [-0.1, -0.05) is 12.2 Å². The van der Waals surface area contributed by atoms with Gasteiger partial charge < -0.3 is 5.10 Å². The minimum atomic E-state index is 0.366. The summed E-state index contributed by atoms with van der Waals surface area (Å²) in [6.07, 6.45) is 1.85. The fraction of sp³-hybridized carbons (Fsp3) is 0.600. The Bertz CT molecular complexity index is 385. The van der Waals surface area contributed by atoms with E-state index in [1.807, 2.05) is 24.7 Å². The highest BCUT2D eigenvalue weighted by Gasteiger charge is 2.07. The number of nitrogens with one attached hydrogen (secondary N) is 1. The molecule has 0 saturated carbocycles. The van der Waals surface area contributed by atoms with Crippen molar-refractivity contribution >= 4 is 18.4 Å². The number of hydrogen-bond acceptors (Lipinski definition) is 2. The van der Waals surface area contributed by atoms with E-state index in [9.17, 15) is 0 Å². The van der Waals surface area contributed by atoms with Crippen molar-refractivity contribution in [3.8, 4) is 0 Å². The molecule has 1 aromatic heterocycles. The van der Waals surface area contributed by atoms with Crippen LogP contribution in [0.15, 0.2) is 4.99 Å². The Morgan fingerprint density at radius 1 is 1.57 bits per heavy atom. The number of nitrogens with zero attached hydrogens (tertiary/aromatic N) is 2. The lowest BCUT2D eigenvalue weighted by Gasteiger charge is -2.05. The third kappa shape index (κ3) is 2.12. The summed E-state index contributed by atoms with van der Waals surface area (Å²) in [5.41, 5.74) is 2.12. The first kappa shape index (κ1) is 11.2. The average molecular weight is 211 g/mol. The molecule has 0 spiro atoms. The third-order valence-corrected chi connectivity index (χ3v) is 2.48. The van der Waals surface area contributed by atoms with Crippen LogP contribution in [0, 0.1) is 11.6 Å². The van der Waals surface area contributed by atoms with Crippen molar-refractivity contribution in [2.45, 2.75) is 33.7 Å². The average Bonchev–Trinajstić information content (AvgIpc) is 2.40. The maximum absolute atomic E-state index is 5.34. The van der Waals surface area contributed by atoms with Gasteiger partial charge in [-0.05, 0) is 27.7 Å². The molecule has 0 aliphatic rings. The van der Waals surface area contributed by atoms with Gasteiger partial charge in [0.05, 0.1) is 0 Å². The van der Waals surface area contributed by atoms with Gasteiger partial charge in [0, 0.05) is 30.1 Å². The van der Waals surface area contributed by atoms with E-state index in [-0.39, 0.29) is 0 Å². The van der Waals surface area contributed by atoms with E-state index in [0.717, 1.165) is 22.4 Å². The summed E-state index contributed by atoms with van der Waals surface area (Å²) in [6, 6.07) is 0.366. The van der Waals surface area contributed by atoms with Crippen LogP contribution in [0.2, 0.25) is 0 Å². The van der Waals surface area contributed by atoms with E-state index < -0.39 is 0 Å². The SMILES string of the molecule is CCN=Cc1c(C)[nH]n(C(C)C)c1=S. The van der Waals surface area contributed by atoms with E-state index >= 15 is 0 Å². The number of rotatable bonds is 3. The Kier molecular flexibility index (Phi) is 3.63. The van der Waals surface area contributed by atoms with Crippen molar-refractivity contribution < 1.29 is 0 Å². The fourth-order valence-corrected chi connectivity index (χ4v) is 1.74. The maximum Gasteiger partial charge on any atom is 0.131 e. The van der Waals surface area contributed by atoms with Gasteiger partial charge in [0.2, 0.25) is 0 Å². The van der Waals surface area contributed by atoms with Crippen LogP contribution in [-0.2, 0) is 0 Å². The number of aliphatic imine (C=N–C) groups is 1. The van der Waals surface area contributed by atoms with Crippen LogP contribution in [0.5, 0.6) is 0 Å². The monoisotopic (exact) mass is 211 g/mol. The highest BCUT2D eigenvalue weighted by atomic mass is 32.1. The highest BCUT2D eigenvalue weighted by Crippen LogP contribution is 2.11. The van der Waals surface area contributed by atoms with Gasteiger partial charge in [-0.15, -0.1) is 0 Å². The molecule has 0 saturated heterocycles. The first-order chi connectivity index (χ1) is 6.57. The summed E-state index contributed by atoms with van der Waals surface area (Å²) in [5.74, 6) is 0. The lowest BCUT2D eigenvalue weighted by atomic mass is 10.3. The first-order valence-electron chi connectivity index (χ1n) is 4.88. The Morgan fingerprint density at radius 3 is 2.64 bits per heavy atom. The van der Waals surface area contributed by atoms with Crippen molar-refractivity contribution in [1.29, 1.82) is 0 Å². The second-order valence-electron chi connectivity index (χ2n) is 3.55. The molecule has 3 nitrogen and oxygen atoms in total. The highest BCUT2D eigenvalue weighted by molar-refractivity contribution is 7.71. The molecule has 0 fully saturated rings. The van der Waals surface area contributed by atoms with Crippen LogP contribution in [-0.4, -0.2) is 22.5 Å². The molecule has 1 aromatic rings. The zero-order valence-corrected chi connectivity index (χ0v) is 9.98. The molecular weight excluding hydrogens is 194 g/mol. The van der Waals surface area contributed by atoms with E-state index in [4.69, 9.17) is 12.2 Å². The molecule has 4 heteroatoms. The van der Waals surface area contributed by atoms with Gasteiger partial charge >= 0.3 is 0 Å². The quantitative estimate of drug-likeness (QED) is 0.605. The van der Waals surface area contributed by atoms with Crippen LogP contribution in [0.1, 0.15) is 38.1 Å². The summed E-state index contributed by atoms with van der Waals surface area (Å²) in [4.78, 5) is 4.21. The Labute approximate surface area is 89.8 Å². The largest absolute Gasteiger partial charge is 0.301 e. The molecule has 0 aliphatic heterocycles. The number of aromatic amines is 1. The predicted molar refractivity (Wildman–Crippen MR) is 62.9 cm³/mol. The summed E-state index contributed by atoms with van der Waals surface area (Å²) in [6.45, 7) is 9.03. The number of aromatic nitrogens is 2. The van der Waals surface area contributed by atoms with E-state index in [1.54, 1.807) is 0 Å². The Balaban J connectivity index is 3.18. The molecule has 0 unspecified atom stereocenters. The van der Waals surface area contributed by atoms with Crippen LogP contribution < -0.4 is 0 Å². The molecule has 0 aliphatic carbocycles. The smallest absolute Gasteiger partial charge is 0.131 e. The van der Waals surface area contributed by atoms with E-state index in [2.05, 4.69) is 23.9 Å². The van der Waals surface area contributed by atoms with Crippen LogP contribution in [0.25, 0.3) is 0 Å². The van der Waals surface area contributed by atoms with Crippen LogP contribution in [0.3, 0.4) is 0 Å². The first-order valence-corrected chi connectivity index (χ1v) is 5.29. The van der Waals surface area contributed by atoms with Gasteiger partial charge in [0.1, 0.15) is 4.64 Å². The maximum atomic E-state index is 5.34. The molecule has 0 amide bonds. The third-order valence-electron chi connectivity index (χ3n) is 2.06. The summed E-state index contributed by atoms with van der Waals surface area (Å²) < 4.78 is 2.83. The van der Waals surface area contributed by atoms with Crippen molar-refractivity contribution in [1.82, 2.24) is 9.78 Å². The molecule has 1 rings (SSSR count). The Morgan fingerprint density at radius 2 is 2.21 bits per heavy atom. The van der Waals surface area contributed by atoms with Gasteiger partial charge in [0.15, 0.2) is 0 Å². The van der Waals surface area contributed by atoms with Crippen molar-refractivity contribution in [3.05, 3.63) is 15.9 Å². The van der Waals surface area contributed by atoms with E-state index in [1.165, 1.54) is 0 Å². The molecule has 1 N–H and O–H groups in total. The lowest BCUT2D eigenvalue weighted by Crippen LogP contribution is -2.02. The van der Waals surface area contributed by atoms with Crippen molar-refractivity contribution in [2.75, 3.05) is 6.54 Å². The predicted octanol–water partition coefficient (Wildman–Crippen LogP) is 2.87. The zero-order valence-electron chi connectivity index (χ0n) is 9.16. The Hall–Kier alpha value is -0.900. The molecular formula is C10H17N3S. The summed E-state index contributed by atoms with van der Waals surface area (Å²) >= 11 is 5.34. The second-order valence-corrected chi connectivity index (χ2v) is 3.93. The number of hydrogen-bond donors (Lipinski definition) is 1. The topological polar surface area (TPSA) is 33.1 Å². The molecule has 1 heterocycles. The minimum Gasteiger partial charge on any atom is -0.301 e. The molecule has 0 aromatic carbocycles. The van der Waals surface area contributed by atoms with Crippen molar-refractivity contribution in [2.24, 2.45) is 4.99 Å². The van der Waals surface area contributed by atoms with Crippen LogP contribution >= 0.6 is 12.2 Å². The van der Waals surface area contributed by atoms with Gasteiger partial charge in [-0.25, -0.2) is 0 Å². The molecule has 0 bridgehead atoms. The fourth-order valence-electron chi connectivity index (χ4n) is 1.28. The number of H-pyrrole nitrogens is 1. The molecule has 0 atom stereocenters. The molecule has 0 radical (unpaired) electrons. The molecule has 78 valence electrons. The minimum absolute atomic E-state index is 0.366. The van der Waals surface area contributed by atoms with Gasteiger partial charge in [-0.2, -0.15) is 0 Å². The lowest BCUT2D eigenvalue weighted by molar-refractivity contribution is 0.523. The van der Waals surface area contributed by atoms with Crippen LogP contribution in [0.4, 0.5) is 0 Å². The van der Waals surface area contributed by atoms with Crippen molar-refractivity contribution in [3.63, 3.8) is 0 Å². The van der Waals surface area contributed by atoms with Gasteiger partial charge in [0.25, 0.3) is 0 Å².